The van der Waals surface area contributed by atoms with E-state index in [-0.39, 0.29) is 29.7 Å². The van der Waals surface area contributed by atoms with Crippen LogP contribution in [0.15, 0.2) is 66.7 Å². The smallest absolute Gasteiger partial charge is 0.240 e. The Hall–Kier alpha value is -3.98. The van der Waals surface area contributed by atoms with Crippen molar-refractivity contribution in [1.82, 2.24) is 15.1 Å². The van der Waals surface area contributed by atoms with Gasteiger partial charge in [-0.15, -0.1) is 11.8 Å². The highest BCUT2D eigenvalue weighted by molar-refractivity contribution is 8.00. The number of nitrogens with one attached hydrogen (secondary N) is 1. The number of hydrogen-bond acceptors (Lipinski definition) is 4. The lowest BCUT2D eigenvalue weighted by atomic mass is 9.99. The Labute approximate surface area is 236 Å². The SMILES string of the molecule is CCCNC(=O)CN1C(=O)CSC(c2ccc(F)cc2F)c2c(-c3ccccc3)nn(-c3ccc(C)cc3C)c21. The van der Waals surface area contributed by atoms with Crippen LogP contribution in [0.5, 0.6) is 0 Å². The summed E-state index contributed by atoms with van der Waals surface area (Å²) < 4.78 is 31.0. The molecule has 0 saturated carbocycles. The molecule has 2 heterocycles. The van der Waals surface area contributed by atoms with Crippen LogP contribution in [0, 0.1) is 25.5 Å². The zero-order valence-electron chi connectivity index (χ0n) is 22.6. The minimum Gasteiger partial charge on any atom is -0.355 e. The summed E-state index contributed by atoms with van der Waals surface area (Å²) in [5, 5.41) is 7.20. The number of aromatic nitrogens is 2. The van der Waals surface area contributed by atoms with Gasteiger partial charge in [-0.25, -0.2) is 13.5 Å². The molecule has 0 saturated heterocycles. The van der Waals surface area contributed by atoms with Gasteiger partial charge in [-0.1, -0.05) is 61.0 Å². The number of aryl methyl sites for hydroxylation is 2. The van der Waals surface area contributed by atoms with E-state index in [0.29, 0.717) is 23.6 Å². The lowest BCUT2D eigenvalue weighted by Crippen LogP contribution is -2.42. The Bertz CT molecular complexity index is 1570. The van der Waals surface area contributed by atoms with Crippen molar-refractivity contribution in [2.24, 2.45) is 0 Å². The molecule has 1 atom stereocenters. The quantitative estimate of drug-likeness (QED) is 0.295. The summed E-state index contributed by atoms with van der Waals surface area (Å²) in [4.78, 5) is 28.1. The lowest BCUT2D eigenvalue weighted by molar-refractivity contribution is -0.122. The van der Waals surface area contributed by atoms with E-state index in [0.717, 1.165) is 34.9 Å². The second-order valence-corrected chi connectivity index (χ2v) is 10.9. The standard InChI is InChI=1S/C31H30F2N4O2S/c1-4-14-34-26(38)17-36-27(39)18-40-30(23-12-11-22(32)16-24(23)33)28-29(21-8-6-5-7-9-21)35-37(31(28)36)25-13-10-19(2)15-20(25)3/h5-13,15-16,30H,4,14,17-18H2,1-3H3,(H,34,38). The van der Waals surface area contributed by atoms with Crippen molar-refractivity contribution in [3.63, 3.8) is 0 Å². The molecule has 1 aliphatic rings. The van der Waals surface area contributed by atoms with Gasteiger partial charge in [-0.2, -0.15) is 5.10 Å². The third-order valence-electron chi connectivity index (χ3n) is 6.84. The average molecular weight is 561 g/mol. The molecule has 1 unspecified atom stereocenters. The summed E-state index contributed by atoms with van der Waals surface area (Å²) in [6, 6.07) is 18.9. The molecule has 0 bridgehead atoms. The highest BCUT2D eigenvalue weighted by Gasteiger charge is 2.38. The van der Waals surface area contributed by atoms with Crippen LogP contribution in [0.2, 0.25) is 0 Å². The number of carbonyl (C=O) groups is 2. The van der Waals surface area contributed by atoms with Crippen LogP contribution in [0.3, 0.4) is 0 Å². The molecule has 0 spiro atoms. The van der Waals surface area contributed by atoms with Gasteiger partial charge in [0.2, 0.25) is 11.8 Å². The van der Waals surface area contributed by atoms with Crippen molar-refractivity contribution in [3.8, 4) is 16.9 Å². The fraction of sp³-hybridized carbons (Fsp3) is 0.258. The molecule has 1 N–H and O–H groups in total. The molecule has 5 rings (SSSR count). The van der Waals surface area contributed by atoms with Gasteiger partial charge in [0.05, 0.1) is 22.4 Å². The van der Waals surface area contributed by atoms with E-state index in [1.807, 2.05) is 69.3 Å². The summed E-state index contributed by atoms with van der Waals surface area (Å²) in [5.41, 5.74) is 4.91. The molecule has 3 aromatic carbocycles. The normalized spacial score (nSPS) is 15.1. The summed E-state index contributed by atoms with van der Waals surface area (Å²) in [5.74, 6) is -1.58. The topological polar surface area (TPSA) is 67.2 Å². The number of thioether (sulfide) groups is 1. The Morgan fingerprint density at radius 1 is 1.07 bits per heavy atom. The van der Waals surface area contributed by atoms with E-state index in [2.05, 4.69) is 5.32 Å². The number of fused-ring (bicyclic) bond motifs is 1. The molecule has 40 heavy (non-hydrogen) atoms. The van der Waals surface area contributed by atoms with Crippen LogP contribution in [0.4, 0.5) is 14.6 Å². The van der Waals surface area contributed by atoms with Crippen molar-refractivity contribution >= 4 is 29.4 Å². The van der Waals surface area contributed by atoms with Crippen molar-refractivity contribution in [2.45, 2.75) is 32.4 Å². The fourth-order valence-corrected chi connectivity index (χ4v) is 6.18. The molecule has 6 nitrogen and oxygen atoms in total. The molecule has 0 radical (unpaired) electrons. The average Bonchev–Trinajstić information content (AvgIpc) is 3.25. The highest BCUT2D eigenvalue weighted by atomic mass is 32.2. The number of carbonyl (C=O) groups excluding carboxylic acids is 2. The zero-order valence-corrected chi connectivity index (χ0v) is 23.4. The molecule has 2 amide bonds. The van der Waals surface area contributed by atoms with Crippen molar-refractivity contribution in [2.75, 3.05) is 23.7 Å². The molecule has 0 aliphatic carbocycles. The van der Waals surface area contributed by atoms with Gasteiger partial charge < -0.3 is 5.32 Å². The van der Waals surface area contributed by atoms with E-state index in [9.17, 15) is 14.0 Å². The first kappa shape index (κ1) is 27.6. The zero-order chi connectivity index (χ0) is 28.4. The Kier molecular flexibility index (Phi) is 8.02. The predicted molar refractivity (Wildman–Crippen MR) is 155 cm³/mol. The second kappa shape index (κ2) is 11.6. The summed E-state index contributed by atoms with van der Waals surface area (Å²) in [6.07, 6.45) is 0.755. The van der Waals surface area contributed by atoms with Crippen LogP contribution in [-0.4, -0.2) is 40.4 Å². The molecule has 0 fully saturated rings. The Balaban J connectivity index is 1.82. The lowest BCUT2D eigenvalue weighted by Gasteiger charge is -2.24. The van der Waals surface area contributed by atoms with E-state index in [1.54, 1.807) is 4.68 Å². The first-order valence-corrected chi connectivity index (χ1v) is 14.2. The van der Waals surface area contributed by atoms with Crippen molar-refractivity contribution in [3.05, 3.63) is 101 Å². The molecule has 1 aromatic heterocycles. The minimum atomic E-state index is -0.705. The van der Waals surface area contributed by atoms with Crippen LogP contribution in [-0.2, 0) is 9.59 Å². The second-order valence-electron chi connectivity index (χ2n) is 9.84. The molecule has 4 aromatic rings. The first-order chi connectivity index (χ1) is 19.3. The summed E-state index contributed by atoms with van der Waals surface area (Å²) in [7, 11) is 0. The van der Waals surface area contributed by atoms with Gasteiger partial charge in [0.15, 0.2) is 0 Å². The summed E-state index contributed by atoms with van der Waals surface area (Å²) >= 11 is 1.24. The van der Waals surface area contributed by atoms with Crippen LogP contribution < -0.4 is 10.2 Å². The molecular formula is C31H30F2N4O2S. The third-order valence-corrected chi connectivity index (χ3v) is 8.07. The van der Waals surface area contributed by atoms with Gasteiger partial charge in [-0.05, 0) is 38.0 Å². The Morgan fingerprint density at radius 3 is 2.55 bits per heavy atom. The third kappa shape index (κ3) is 5.38. The number of amides is 2. The van der Waals surface area contributed by atoms with Gasteiger partial charge in [-0.3, -0.25) is 14.5 Å². The number of anilines is 1. The monoisotopic (exact) mass is 560 g/mol. The number of nitrogens with zero attached hydrogens (tertiary/aromatic N) is 3. The minimum absolute atomic E-state index is 0.00166. The number of hydrogen-bond donors (Lipinski definition) is 1. The number of rotatable bonds is 7. The number of benzene rings is 3. The Morgan fingerprint density at radius 2 is 1.85 bits per heavy atom. The molecule has 1 aliphatic heterocycles. The maximum atomic E-state index is 15.3. The molecule has 9 heteroatoms. The first-order valence-electron chi connectivity index (χ1n) is 13.2. The van der Waals surface area contributed by atoms with Crippen molar-refractivity contribution < 1.29 is 18.4 Å². The van der Waals surface area contributed by atoms with Gasteiger partial charge in [0.25, 0.3) is 0 Å². The maximum absolute atomic E-state index is 15.3. The maximum Gasteiger partial charge on any atom is 0.240 e. The summed E-state index contributed by atoms with van der Waals surface area (Å²) in [6.45, 7) is 6.18. The van der Waals surface area contributed by atoms with Crippen molar-refractivity contribution in [1.29, 1.82) is 0 Å². The van der Waals surface area contributed by atoms with Crippen LogP contribution in [0.25, 0.3) is 16.9 Å². The van der Waals surface area contributed by atoms with Gasteiger partial charge >= 0.3 is 0 Å². The van der Waals surface area contributed by atoms with E-state index in [1.165, 1.54) is 28.8 Å². The largest absolute Gasteiger partial charge is 0.355 e. The number of halogens is 2. The van der Waals surface area contributed by atoms with E-state index < -0.39 is 16.9 Å². The molecule has 206 valence electrons. The predicted octanol–water partition coefficient (Wildman–Crippen LogP) is 6.13. The van der Waals surface area contributed by atoms with E-state index in [4.69, 9.17) is 5.10 Å². The fourth-order valence-electron chi connectivity index (χ4n) is 4.96. The molecular weight excluding hydrogens is 530 g/mol. The van der Waals surface area contributed by atoms with Gasteiger partial charge in [0, 0.05) is 29.3 Å². The van der Waals surface area contributed by atoms with Gasteiger partial charge in [0.1, 0.15) is 24.0 Å². The highest BCUT2D eigenvalue weighted by Crippen LogP contribution is 2.49. The van der Waals surface area contributed by atoms with Crippen LogP contribution >= 0.6 is 11.8 Å². The van der Waals surface area contributed by atoms with Crippen LogP contribution in [0.1, 0.15) is 40.8 Å². The van der Waals surface area contributed by atoms with E-state index >= 15 is 4.39 Å².